The van der Waals surface area contributed by atoms with Gasteiger partial charge in [0.2, 0.25) is 10.0 Å². The van der Waals surface area contributed by atoms with Crippen LogP contribution in [-0.4, -0.2) is 39.3 Å². The molecule has 1 aromatic carbocycles. The molecule has 5 N–H and O–H groups in total. The number of nitrogens with zero attached hydrogens (tertiary/aromatic N) is 2. The van der Waals surface area contributed by atoms with E-state index >= 15 is 0 Å². The van der Waals surface area contributed by atoms with Crippen LogP contribution in [0.3, 0.4) is 0 Å². The van der Waals surface area contributed by atoms with Crippen LogP contribution in [0.2, 0.25) is 0 Å². The van der Waals surface area contributed by atoms with Crippen LogP contribution >= 0.6 is 10.8 Å². The number of aromatic hydroxyl groups is 1. The van der Waals surface area contributed by atoms with Crippen molar-refractivity contribution in [2.24, 2.45) is 10.3 Å². The zero-order valence-electron chi connectivity index (χ0n) is 16.1. The molecule has 162 valence electrons. The number of nitrogens with one attached hydrogen (secondary N) is 2. The van der Waals surface area contributed by atoms with Crippen LogP contribution in [0.25, 0.3) is 0 Å². The number of amidine groups is 1. The van der Waals surface area contributed by atoms with Gasteiger partial charge in [0.25, 0.3) is 5.56 Å². The van der Waals surface area contributed by atoms with Crippen LogP contribution in [-0.2, 0) is 16.6 Å². The van der Waals surface area contributed by atoms with Crippen molar-refractivity contribution < 1.29 is 22.6 Å². The van der Waals surface area contributed by atoms with Crippen molar-refractivity contribution in [2.75, 3.05) is 16.3 Å². The van der Waals surface area contributed by atoms with E-state index in [1.807, 2.05) is 0 Å². The van der Waals surface area contributed by atoms with E-state index in [9.17, 15) is 27.4 Å². The van der Waals surface area contributed by atoms with E-state index in [0.717, 1.165) is 25.5 Å². The molecule has 1 aliphatic heterocycles. The largest absolute Gasteiger partial charge is 0.507 e. The van der Waals surface area contributed by atoms with Gasteiger partial charge in [-0.2, -0.15) is 0 Å². The number of pyridine rings is 1. The molecular formula is C18H22N4O6S2. The molecule has 0 unspecified atom stereocenters. The Kier molecular flexibility index (Phi) is 5.04. The minimum atomic E-state index is -3.75. The van der Waals surface area contributed by atoms with Crippen LogP contribution in [0, 0.1) is 5.92 Å². The van der Waals surface area contributed by atoms with Crippen LogP contribution in [0.15, 0.2) is 44.6 Å². The Morgan fingerprint density at radius 2 is 2.03 bits per heavy atom. The first-order chi connectivity index (χ1) is 14.0. The fourth-order valence-electron chi connectivity index (χ4n) is 3.45. The van der Waals surface area contributed by atoms with E-state index in [1.165, 1.54) is 35.0 Å². The van der Waals surface area contributed by atoms with Crippen molar-refractivity contribution in [3.8, 4) is 5.75 Å². The fourth-order valence-corrected chi connectivity index (χ4v) is 5.19. The average Bonchev–Trinajstić information content (AvgIpc) is 2.58. The van der Waals surface area contributed by atoms with E-state index in [0.29, 0.717) is 12.5 Å². The van der Waals surface area contributed by atoms with Crippen LogP contribution in [0.5, 0.6) is 5.75 Å². The SMILES string of the molecule is CS(=O)(=O)Nc1ccc2c(c1)S(O)(O)N=C(c1c(O)ccn(CC3CCC3)c1=O)N2. The second kappa shape index (κ2) is 7.30. The zero-order chi connectivity index (χ0) is 21.7. The Bertz CT molecular complexity index is 1200. The summed E-state index contributed by atoms with van der Waals surface area (Å²) >= 11 is 0. The minimum absolute atomic E-state index is 0.0230. The molecule has 1 aromatic heterocycles. The Morgan fingerprint density at radius 3 is 2.67 bits per heavy atom. The summed E-state index contributed by atoms with van der Waals surface area (Å²) in [6.45, 7) is 0.521. The molecule has 0 bridgehead atoms. The van der Waals surface area contributed by atoms with Gasteiger partial charge in [-0.25, -0.2) is 8.42 Å². The molecule has 4 rings (SSSR count). The maximum Gasteiger partial charge on any atom is 0.265 e. The van der Waals surface area contributed by atoms with Gasteiger partial charge < -0.3 is 15.0 Å². The topological polar surface area (TPSA) is 153 Å². The average molecular weight is 455 g/mol. The highest BCUT2D eigenvalue weighted by Crippen LogP contribution is 2.56. The van der Waals surface area contributed by atoms with Crippen LogP contribution in [0.4, 0.5) is 11.4 Å². The van der Waals surface area contributed by atoms with Crippen molar-refractivity contribution in [3.63, 3.8) is 0 Å². The predicted octanol–water partition coefficient (Wildman–Crippen LogP) is 2.62. The number of hydrogen-bond donors (Lipinski definition) is 5. The molecule has 0 saturated heterocycles. The summed E-state index contributed by atoms with van der Waals surface area (Å²) in [6, 6.07) is 5.52. The molecule has 30 heavy (non-hydrogen) atoms. The third-order valence-corrected chi connectivity index (χ3v) is 7.08. The predicted molar refractivity (Wildman–Crippen MR) is 116 cm³/mol. The number of fused-ring (bicyclic) bond motifs is 1. The summed E-state index contributed by atoms with van der Waals surface area (Å²) in [4.78, 5) is 12.9. The second-order valence-electron chi connectivity index (χ2n) is 7.50. The number of benzene rings is 1. The maximum absolute atomic E-state index is 12.9. The fraction of sp³-hybridized carbons (Fsp3) is 0.333. The Labute approximate surface area is 174 Å². The Hall–Kier alpha value is -2.54. The number of rotatable bonds is 5. The van der Waals surface area contributed by atoms with Crippen LogP contribution in [0.1, 0.15) is 24.8 Å². The lowest BCUT2D eigenvalue weighted by Crippen LogP contribution is -2.33. The van der Waals surface area contributed by atoms with Gasteiger partial charge in [0.1, 0.15) is 16.2 Å². The summed E-state index contributed by atoms with van der Waals surface area (Å²) in [5, 5.41) is 13.1. The third-order valence-electron chi connectivity index (χ3n) is 5.11. The van der Waals surface area contributed by atoms with E-state index in [4.69, 9.17) is 0 Å². The van der Waals surface area contributed by atoms with Crippen LogP contribution < -0.4 is 15.6 Å². The summed E-state index contributed by atoms with van der Waals surface area (Å²) in [5.41, 5.74) is -0.253. The lowest BCUT2D eigenvalue weighted by molar-refractivity contribution is 0.273. The molecule has 1 saturated carbocycles. The lowest BCUT2D eigenvalue weighted by atomic mass is 9.85. The van der Waals surface area contributed by atoms with Gasteiger partial charge in [-0.1, -0.05) is 17.2 Å². The third kappa shape index (κ3) is 4.03. The lowest BCUT2D eigenvalue weighted by Gasteiger charge is -2.34. The monoisotopic (exact) mass is 454 g/mol. The molecule has 2 aliphatic rings. The van der Waals surface area contributed by atoms with Gasteiger partial charge in [-0.15, -0.1) is 4.40 Å². The van der Waals surface area contributed by atoms with E-state index in [1.54, 1.807) is 0 Å². The minimum Gasteiger partial charge on any atom is -0.507 e. The van der Waals surface area contributed by atoms with Crippen molar-refractivity contribution in [1.82, 2.24) is 4.57 Å². The second-order valence-corrected chi connectivity index (χ2v) is 10.9. The number of anilines is 2. The van der Waals surface area contributed by atoms with Gasteiger partial charge in [-0.3, -0.25) is 18.6 Å². The Morgan fingerprint density at radius 1 is 1.30 bits per heavy atom. The molecular weight excluding hydrogens is 432 g/mol. The normalized spacial score (nSPS) is 19.1. The molecule has 2 heterocycles. The molecule has 0 amide bonds. The van der Waals surface area contributed by atoms with E-state index in [2.05, 4.69) is 14.4 Å². The first-order valence-electron chi connectivity index (χ1n) is 9.23. The first-order valence-corrected chi connectivity index (χ1v) is 12.6. The highest BCUT2D eigenvalue weighted by Gasteiger charge is 2.30. The van der Waals surface area contributed by atoms with Gasteiger partial charge >= 0.3 is 0 Å². The summed E-state index contributed by atoms with van der Waals surface area (Å²) < 4.78 is 51.7. The van der Waals surface area contributed by atoms with E-state index in [-0.39, 0.29) is 33.4 Å². The van der Waals surface area contributed by atoms with Crippen molar-refractivity contribution in [2.45, 2.75) is 30.7 Å². The van der Waals surface area contributed by atoms with E-state index < -0.39 is 26.4 Å². The molecule has 2 aromatic rings. The van der Waals surface area contributed by atoms with Crippen molar-refractivity contribution >= 4 is 38.0 Å². The van der Waals surface area contributed by atoms with Gasteiger partial charge in [0.15, 0.2) is 5.84 Å². The van der Waals surface area contributed by atoms with Gasteiger partial charge in [0.05, 0.1) is 17.6 Å². The molecule has 0 atom stereocenters. The smallest absolute Gasteiger partial charge is 0.265 e. The molecule has 0 spiro atoms. The number of hydrogen-bond acceptors (Lipinski definition) is 8. The highest BCUT2D eigenvalue weighted by atomic mass is 32.3. The summed E-state index contributed by atoms with van der Waals surface area (Å²) in [6.07, 6.45) is 5.70. The van der Waals surface area contributed by atoms with Crippen molar-refractivity contribution in [3.05, 3.63) is 46.4 Å². The van der Waals surface area contributed by atoms with Gasteiger partial charge in [0, 0.05) is 12.7 Å². The quantitative estimate of drug-likeness (QED) is 0.465. The Balaban J connectivity index is 1.73. The summed E-state index contributed by atoms with van der Waals surface area (Å²) in [7, 11) is -7.30. The number of sulfonamides is 1. The molecule has 1 aliphatic carbocycles. The maximum atomic E-state index is 12.9. The summed E-state index contributed by atoms with van der Waals surface area (Å²) in [5.74, 6) is -0.0786. The van der Waals surface area contributed by atoms with Crippen molar-refractivity contribution in [1.29, 1.82) is 0 Å². The molecule has 12 heteroatoms. The zero-order valence-corrected chi connectivity index (χ0v) is 17.7. The molecule has 0 radical (unpaired) electrons. The highest BCUT2D eigenvalue weighted by molar-refractivity contribution is 8.23. The standard InChI is InChI=1S/C18H22N4O6S2/c1-29(25,26)20-12-5-6-13-15(9-12)30(27,28)21-17(19-13)16-14(23)7-8-22(18(16)24)10-11-3-2-4-11/h5-9,11,20,23,27-28H,2-4,10H2,1H3,(H,19,21). The number of aromatic nitrogens is 1. The first kappa shape index (κ1) is 20.7. The molecule has 1 fully saturated rings. The van der Waals surface area contributed by atoms with Gasteiger partial charge in [-0.05, 0) is 43.0 Å². The molecule has 10 nitrogen and oxygen atoms in total.